The van der Waals surface area contributed by atoms with Gasteiger partial charge in [0.25, 0.3) is 5.91 Å². The minimum Gasteiger partial charge on any atom is -0.337 e. The molecule has 4 amide bonds. The predicted molar refractivity (Wildman–Crippen MR) is 95.7 cm³/mol. The van der Waals surface area contributed by atoms with Crippen molar-refractivity contribution < 1.29 is 14.4 Å². The summed E-state index contributed by atoms with van der Waals surface area (Å²) in [5.74, 6) is -0.653. The molecule has 1 saturated heterocycles. The number of hydrogen-bond donors (Lipinski definition) is 1. The summed E-state index contributed by atoms with van der Waals surface area (Å²) in [6, 6.07) is 8.60. The van der Waals surface area contributed by atoms with Gasteiger partial charge >= 0.3 is 6.03 Å². The lowest BCUT2D eigenvalue weighted by Crippen LogP contribution is -2.45. The Bertz CT molecular complexity index is 686. The molecule has 0 radical (unpaired) electrons. The number of nitrogens with one attached hydrogen (secondary N) is 1. The summed E-state index contributed by atoms with van der Waals surface area (Å²) >= 11 is 0. The molecular weight excluding hydrogens is 318 g/mol. The number of likely N-dealkylation sites (N-methyl/N-ethyl adjacent to an activating group) is 1. The van der Waals surface area contributed by atoms with Crippen molar-refractivity contribution in [2.75, 3.05) is 19.6 Å². The van der Waals surface area contributed by atoms with Gasteiger partial charge < -0.3 is 10.2 Å². The summed E-state index contributed by atoms with van der Waals surface area (Å²) in [4.78, 5) is 40.5. The standard InChI is InChI=1S/C19H25N3O3/c1-5-19(15-10-8-7-9-11-15)17(24)22(18(25)20-19)13-16(23)21(6-2)12-14(3)4/h7-11H,3,5-6,12-13H2,1-2,4H3,(H,20,25)/t19-/m0/s1. The van der Waals surface area contributed by atoms with E-state index < -0.39 is 11.6 Å². The molecule has 0 aromatic heterocycles. The van der Waals surface area contributed by atoms with E-state index in [2.05, 4.69) is 11.9 Å². The molecule has 1 aromatic rings. The van der Waals surface area contributed by atoms with Crippen molar-refractivity contribution in [2.24, 2.45) is 0 Å². The Hall–Kier alpha value is -2.63. The molecule has 1 aliphatic rings. The van der Waals surface area contributed by atoms with Crippen molar-refractivity contribution in [3.8, 4) is 0 Å². The zero-order valence-electron chi connectivity index (χ0n) is 15.0. The van der Waals surface area contributed by atoms with Crippen molar-refractivity contribution >= 4 is 17.8 Å². The van der Waals surface area contributed by atoms with E-state index in [1.165, 1.54) is 0 Å². The molecule has 0 saturated carbocycles. The van der Waals surface area contributed by atoms with Gasteiger partial charge in [-0.25, -0.2) is 4.79 Å². The van der Waals surface area contributed by atoms with Crippen LogP contribution < -0.4 is 5.32 Å². The van der Waals surface area contributed by atoms with Gasteiger partial charge in [-0.05, 0) is 25.8 Å². The lowest BCUT2D eigenvalue weighted by molar-refractivity contribution is -0.139. The Kier molecular flexibility index (Phi) is 5.62. The fourth-order valence-corrected chi connectivity index (χ4v) is 3.07. The summed E-state index contributed by atoms with van der Waals surface area (Å²) in [6.07, 6.45) is 0.412. The molecule has 0 aliphatic carbocycles. The van der Waals surface area contributed by atoms with E-state index in [0.29, 0.717) is 19.5 Å². The number of benzene rings is 1. The second-order valence-corrected chi connectivity index (χ2v) is 6.31. The van der Waals surface area contributed by atoms with Gasteiger partial charge in [0.15, 0.2) is 0 Å². The Labute approximate surface area is 148 Å². The van der Waals surface area contributed by atoms with E-state index in [1.807, 2.05) is 51.1 Å². The predicted octanol–water partition coefficient (Wildman–Crippen LogP) is 2.27. The van der Waals surface area contributed by atoms with E-state index in [9.17, 15) is 14.4 Å². The molecule has 0 unspecified atom stereocenters. The number of amides is 4. The molecule has 1 aliphatic heterocycles. The fourth-order valence-electron chi connectivity index (χ4n) is 3.07. The summed E-state index contributed by atoms with van der Waals surface area (Å²) in [6.45, 7) is 9.98. The fraction of sp³-hybridized carbons (Fsp3) is 0.421. The first kappa shape index (κ1) is 18.7. The first-order valence-corrected chi connectivity index (χ1v) is 8.47. The lowest BCUT2D eigenvalue weighted by Gasteiger charge is -2.26. The van der Waals surface area contributed by atoms with Crippen LogP contribution in [0.2, 0.25) is 0 Å². The van der Waals surface area contributed by atoms with E-state index in [-0.39, 0.29) is 18.4 Å². The SMILES string of the molecule is C=C(C)CN(CC)C(=O)CN1C(=O)N[C@@](CC)(c2ccccc2)C1=O. The van der Waals surface area contributed by atoms with Crippen molar-refractivity contribution in [1.29, 1.82) is 0 Å². The molecule has 1 heterocycles. The number of nitrogens with zero attached hydrogens (tertiary/aromatic N) is 2. The summed E-state index contributed by atoms with van der Waals surface area (Å²) in [5.41, 5.74) is 0.462. The normalized spacial score (nSPS) is 19.7. The highest BCUT2D eigenvalue weighted by Crippen LogP contribution is 2.32. The highest BCUT2D eigenvalue weighted by molar-refractivity contribution is 6.09. The van der Waals surface area contributed by atoms with Crippen molar-refractivity contribution in [1.82, 2.24) is 15.1 Å². The molecule has 1 N–H and O–H groups in total. The highest BCUT2D eigenvalue weighted by Gasteiger charge is 2.51. The Morgan fingerprint density at radius 3 is 2.40 bits per heavy atom. The van der Waals surface area contributed by atoms with Gasteiger partial charge in [0.2, 0.25) is 5.91 Å². The van der Waals surface area contributed by atoms with Crippen LogP contribution in [-0.2, 0) is 15.1 Å². The maximum absolute atomic E-state index is 13.0. The molecule has 0 spiro atoms. The zero-order valence-corrected chi connectivity index (χ0v) is 15.0. The van der Waals surface area contributed by atoms with Crippen molar-refractivity contribution in [2.45, 2.75) is 32.7 Å². The average Bonchev–Trinajstić information content (AvgIpc) is 2.85. The number of imide groups is 1. The van der Waals surface area contributed by atoms with Gasteiger partial charge in [0.05, 0.1) is 0 Å². The zero-order chi connectivity index (χ0) is 18.6. The molecule has 6 nitrogen and oxygen atoms in total. The van der Waals surface area contributed by atoms with E-state index in [1.54, 1.807) is 4.90 Å². The van der Waals surface area contributed by atoms with Crippen molar-refractivity contribution in [3.05, 3.63) is 48.0 Å². The van der Waals surface area contributed by atoms with Gasteiger partial charge in [-0.15, -0.1) is 0 Å². The van der Waals surface area contributed by atoms with Crippen LogP contribution in [0.3, 0.4) is 0 Å². The van der Waals surface area contributed by atoms with Crippen LogP contribution in [0.25, 0.3) is 0 Å². The number of carbonyl (C=O) groups is 3. The highest BCUT2D eigenvalue weighted by atomic mass is 16.2. The first-order chi connectivity index (χ1) is 11.9. The van der Waals surface area contributed by atoms with Gasteiger partial charge in [-0.1, -0.05) is 49.4 Å². The van der Waals surface area contributed by atoms with Gasteiger partial charge in [-0.2, -0.15) is 0 Å². The molecule has 1 fully saturated rings. The largest absolute Gasteiger partial charge is 0.337 e. The summed E-state index contributed by atoms with van der Waals surface area (Å²) < 4.78 is 0. The van der Waals surface area contributed by atoms with Gasteiger partial charge in [0.1, 0.15) is 12.1 Å². The summed E-state index contributed by atoms with van der Waals surface area (Å²) in [7, 11) is 0. The van der Waals surface area contributed by atoms with Crippen molar-refractivity contribution in [3.63, 3.8) is 0 Å². The molecular formula is C19H25N3O3. The topological polar surface area (TPSA) is 69.7 Å². The van der Waals surface area contributed by atoms with Crippen LogP contribution in [0.1, 0.15) is 32.8 Å². The lowest BCUT2D eigenvalue weighted by atomic mass is 9.87. The minimum atomic E-state index is -1.11. The minimum absolute atomic E-state index is 0.264. The van der Waals surface area contributed by atoms with E-state index in [4.69, 9.17) is 0 Å². The maximum Gasteiger partial charge on any atom is 0.325 e. The molecule has 2 rings (SSSR count). The van der Waals surface area contributed by atoms with Gasteiger partial charge in [-0.3, -0.25) is 14.5 Å². The smallest absolute Gasteiger partial charge is 0.325 e. The third-order valence-corrected chi connectivity index (χ3v) is 4.46. The maximum atomic E-state index is 13.0. The monoisotopic (exact) mass is 343 g/mol. The third-order valence-electron chi connectivity index (χ3n) is 4.46. The Morgan fingerprint density at radius 2 is 1.88 bits per heavy atom. The first-order valence-electron chi connectivity index (χ1n) is 8.47. The van der Waals surface area contributed by atoms with E-state index >= 15 is 0 Å². The molecule has 1 aromatic carbocycles. The second kappa shape index (κ2) is 7.51. The Morgan fingerprint density at radius 1 is 1.24 bits per heavy atom. The quantitative estimate of drug-likeness (QED) is 0.610. The van der Waals surface area contributed by atoms with Crippen LogP contribution in [0.5, 0.6) is 0 Å². The summed E-state index contributed by atoms with van der Waals surface area (Å²) in [5, 5.41) is 2.79. The number of rotatable bonds is 7. The molecule has 25 heavy (non-hydrogen) atoms. The van der Waals surface area contributed by atoms with Crippen LogP contribution in [-0.4, -0.2) is 47.3 Å². The second-order valence-electron chi connectivity index (χ2n) is 6.31. The van der Waals surface area contributed by atoms with Gasteiger partial charge in [0, 0.05) is 13.1 Å². The van der Waals surface area contributed by atoms with Crippen LogP contribution in [0.4, 0.5) is 4.79 Å². The molecule has 0 bridgehead atoms. The van der Waals surface area contributed by atoms with Crippen LogP contribution >= 0.6 is 0 Å². The number of carbonyl (C=O) groups excluding carboxylic acids is 3. The molecule has 134 valence electrons. The van der Waals surface area contributed by atoms with Crippen LogP contribution in [0.15, 0.2) is 42.5 Å². The van der Waals surface area contributed by atoms with E-state index in [0.717, 1.165) is 16.0 Å². The molecule has 1 atom stereocenters. The average molecular weight is 343 g/mol. The number of hydrogen-bond acceptors (Lipinski definition) is 3. The van der Waals surface area contributed by atoms with Crippen LogP contribution in [0, 0.1) is 0 Å². The Balaban J connectivity index is 2.23. The molecule has 6 heteroatoms. The third kappa shape index (κ3) is 3.57. The number of urea groups is 1.